The van der Waals surface area contributed by atoms with E-state index in [0.717, 1.165) is 16.7 Å². The number of pyridine rings is 1. The first-order valence-electron chi connectivity index (χ1n) is 14.8. The molecule has 1 spiro atoms. The second kappa shape index (κ2) is 11.0. The van der Waals surface area contributed by atoms with E-state index in [1.807, 2.05) is 37.3 Å². The normalized spacial score (nSPS) is 24.1. The Bertz CT molecular complexity index is 1420. The lowest BCUT2D eigenvalue weighted by Crippen LogP contribution is -2.57. The van der Waals surface area contributed by atoms with Crippen LogP contribution in [0.5, 0.6) is 0 Å². The summed E-state index contributed by atoms with van der Waals surface area (Å²) in [4.78, 5) is 59.7. The largest absolute Gasteiger partial charge is 0.465 e. The van der Waals surface area contributed by atoms with Crippen LogP contribution in [-0.2, 0) is 37.4 Å². The van der Waals surface area contributed by atoms with Crippen molar-refractivity contribution >= 4 is 35.3 Å². The van der Waals surface area contributed by atoms with Gasteiger partial charge in [0.25, 0.3) is 0 Å². The van der Waals surface area contributed by atoms with Crippen molar-refractivity contribution < 1.29 is 29.0 Å². The average molecular weight is 576 g/mol. The van der Waals surface area contributed by atoms with Crippen LogP contribution in [0.4, 0.5) is 16.3 Å². The lowest BCUT2D eigenvalue weighted by molar-refractivity contribution is -0.153. The molecule has 2 aromatic rings. The molecule has 1 aromatic carbocycles. The summed E-state index contributed by atoms with van der Waals surface area (Å²) in [6.07, 6.45) is 4.77. The van der Waals surface area contributed by atoms with Gasteiger partial charge in [-0.05, 0) is 74.3 Å². The number of likely N-dealkylation sites (tertiary alicyclic amines) is 1. The molecule has 11 nitrogen and oxygen atoms in total. The molecule has 6 rings (SSSR count). The van der Waals surface area contributed by atoms with Crippen LogP contribution < -0.4 is 10.6 Å². The maximum absolute atomic E-state index is 14.1. The lowest BCUT2D eigenvalue weighted by atomic mass is 9.76. The molecule has 4 amide bonds. The van der Waals surface area contributed by atoms with Crippen LogP contribution in [0, 0.1) is 5.41 Å². The number of hydrogen-bond donors (Lipinski definition) is 3. The number of ether oxygens (including phenoxy) is 1. The molecule has 222 valence electrons. The highest BCUT2D eigenvalue weighted by Gasteiger charge is 2.51. The fourth-order valence-corrected chi connectivity index (χ4v) is 7.24. The first-order valence-corrected chi connectivity index (χ1v) is 14.8. The first kappa shape index (κ1) is 28.1. The third kappa shape index (κ3) is 4.89. The molecule has 0 saturated carbocycles. The highest BCUT2D eigenvalue weighted by atomic mass is 16.5. The number of amides is 4. The number of piperidine rings is 1. The molecule has 11 heteroatoms. The highest BCUT2D eigenvalue weighted by molar-refractivity contribution is 6.06. The molecule has 1 unspecified atom stereocenters. The smallest absolute Gasteiger partial charge is 0.407 e. The van der Waals surface area contributed by atoms with Gasteiger partial charge in [-0.3, -0.25) is 14.4 Å². The maximum Gasteiger partial charge on any atom is 0.407 e. The summed E-state index contributed by atoms with van der Waals surface area (Å²) < 4.78 is 5.54. The zero-order valence-electron chi connectivity index (χ0n) is 23.9. The molecule has 3 N–H and O–H groups in total. The summed E-state index contributed by atoms with van der Waals surface area (Å²) in [6, 6.07) is 9.09. The molecular formula is C31H37N5O6. The van der Waals surface area contributed by atoms with Gasteiger partial charge >= 0.3 is 6.09 Å². The Morgan fingerprint density at radius 2 is 1.98 bits per heavy atom. The highest BCUT2D eigenvalue weighted by Crippen LogP contribution is 2.47. The molecule has 2 fully saturated rings. The lowest BCUT2D eigenvalue weighted by Gasteiger charge is -2.44. The minimum Gasteiger partial charge on any atom is -0.465 e. The van der Waals surface area contributed by atoms with Crippen LogP contribution in [0.15, 0.2) is 36.5 Å². The Kier molecular flexibility index (Phi) is 7.38. The zero-order valence-corrected chi connectivity index (χ0v) is 23.9. The van der Waals surface area contributed by atoms with E-state index in [1.165, 1.54) is 4.90 Å². The molecule has 3 aliphatic heterocycles. The van der Waals surface area contributed by atoms with Crippen molar-refractivity contribution in [3.8, 4) is 0 Å². The second-order valence-corrected chi connectivity index (χ2v) is 12.0. The van der Waals surface area contributed by atoms with Gasteiger partial charge in [0.15, 0.2) is 0 Å². The monoisotopic (exact) mass is 575 g/mol. The van der Waals surface area contributed by atoms with Crippen molar-refractivity contribution in [2.24, 2.45) is 5.41 Å². The second-order valence-electron chi connectivity index (χ2n) is 12.0. The molecule has 0 bridgehead atoms. The van der Waals surface area contributed by atoms with E-state index < -0.39 is 16.9 Å². The first-order chi connectivity index (χ1) is 20.2. The molecule has 1 aromatic heterocycles. The number of nitrogens with zero attached hydrogens (tertiary/aromatic N) is 3. The maximum atomic E-state index is 14.1. The summed E-state index contributed by atoms with van der Waals surface area (Å²) in [5.74, 6) is 0.103. The van der Waals surface area contributed by atoms with Crippen LogP contribution >= 0.6 is 0 Å². The Labute approximate surface area is 244 Å². The average Bonchev–Trinajstić information content (AvgIpc) is 3.52. The minimum absolute atomic E-state index is 0.0620. The van der Waals surface area contributed by atoms with Crippen LogP contribution in [0.25, 0.3) is 0 Å². The molecular weight excluding hydrogens is 538 g/mol. The number of fused-ring (bicyclic) bond motifs is 3. The van der Waals surface area contributed by atoms with Gasteiger partial charge in [-0.15, -0.1) is 0 Å². The van der Waals surface area contributed by atoms with Crippen molar-refractivity contribution in [2.75, 3.05) is 43.5 Å². The predicted octanol–water partition coefficient (Wildman–Crippen LogP) is 3.19. The number of rotatable bonds is 6. The van der Waals surface area contributed by atoms with Crippen LogP contribution in [0.1, 0.15) is 55.7 Å². The standard InChI is InChI=1S/C31H37N5O6/c1-2-30(9-13-42-14-10-30)28(39)36(23-5-4-12-35(18-23)29(40)41)19-25(37)33-22-8-7-20-16-31(17-21(20)15-22)24-6-3-11-32-26(24)34-27(31)38/h3,6-8,11,15,23H,2,4-5,9-10,12-14,16-19H2,1H3,(H,33,37)(H,40,41)(H,32,34,38)/t23?,31-/m1/s1. The number of carbonyl (C=O) groups is 4. The molecule has 4 heterocycles. The van der Waals surface area contributed by atoms with E-state index in [9.17, 15) is 24.3 Å². The summed E-state index contributed by atoms with van der Waals surface area (Å²) in [5.41, 5.74) is 2.21. The Morgan fingerprint density at radius 3 is 2.74 bits per heavy atom. The predicted molar refractivity (Wildman–Crippen MR) is 154 cm³/mol. The number of benzene rings is 1. The zero-order chi connectivity index (χ0) is 29.5. The van der Waals surface area contributed by atoms with Gasteiger partial charge < -0.3 is 30.3 Å². The fraction of sp³-hybridized carbons (Fsp3) is 0.516. The Morgan fingerprint density at radius 1 is 1.19 bits per heavy atom. The fourth-order valence-electron chi connectivity index (χ4n) is 7.24. The third-order valence-corrected chi connectivity index (χ3v) is 9.73. The number of hydrogen-bond acceptors (Lipinski definition) is 6. The quantitative estimate of drug-likeness (QED) is 0.480. The third-order valence-electron chi connectivity index (χ3n) is 9.73. The van der Waals surface area contributed by atoms with Gasteiger partial charge in [0.05, 0.1) is 16.9 Å². The van der Waals surface area contributed by atoms with E-state index in [1.54, 1.807) is 11.1 Å². The SMILES string of the molecule is CCC1(C(=O)N(CC(=O)Nc2ccc3c(c2)C[C@@]2(C3)C(=O)Nc3ncccc32)C2CCCN(C(=O)O)C2)CCOCC1. The van der Waals surface area contributed by atoms with E-state index in [-0.39, 0.29) is 36.9 Å². The Balaban J connectivity index is 1.20. The molecule has 2 saturated heterocycles. The molecule has 0 radical (unpaired) electrons. The number of nitrogens with one attached hydrogen (secondary N) is 2. The van der Waals surface area contributed by atoms with E-state index in [4.69, 9.17) is 4.74 Å². The number of carboxylic acid groups (broad SMARTS) is 1. The number of anilines is 2. The summed E-state index contributed by atoms with van der Waals surface area (Å²) in [5, 5.41) is 15.5. The molecule has 4 aliphatic rings. The van der Waals surface area contributed by atoms with Crippen molar-refractivity contribution in [3.63, 3.8) is 0 Å². The van der Waals surface area contributed by atoms with Crippen LogP contribution in [-0.4, -0.2) is 82.6 Å². The molecule has 2 atom stereocenters. The summed E-state index contributed by atoms with van der Waals surface area (Å²) >= 11 is 0. The molecule has 42 heavy (non-hydrogen) atoms. The van der Waals surface area contributed by atoms with E-state index in [2.05, 4.69) is 15.6 Å². The van der Waals surface area contributed by atoms with Gasteiger partial charge in [0, 0.05) is 43.8 Å². The number of aromatic nitrogens is 1. The van der Waals surface area contributed by atoms with Gasteiger partial charge in [-0.25, -0.2) is 9.78 Å². The van der Waals surface area contributed by atoms with Crippen molar-refractivity contribution in [2.45, 2.75) is 63.3 Å². The number of carbonyl (C=O) groups excluding carboxylic acids is 3. The van der Waals surface area contributed by atoms with Gasteiger partial charge in [-0.1, -0.05) is 19.1 Å². The summed E-state index contributed by atoms with van der Waals surface area (Å²) in [6.45, 7) is 3.40. The topological polar surface area (TPSA) is 141 Å². The summed E-state index contributed by atoms with van der Waals surface area (Å²) in [7, 11) is 0. The van der Waals surface area contributed by atoms with Crippen molar-refractivity contribution in [1.82, 2.24) is 14.8 Å². The Hall–Kier alpha value is -3.99. The van der Waals surface area contributed by atoms with Gasteiger partial charge in [-0.2, -0.15) is 0 Å². The van der Waals surface area contributed by atoms with E-state index in [0.29, 0.717) is 76.2 Å². The van der Waals surface area contributed by atoms with Crippen molar-refractivity contribution in [3.05, 3.63) is 53.2 Å². The van der Waals surface area contributed by atoms with Crippen LogP contribution in [0.2, 0.25) is 0 Å². The molecule has 1 aliphatic carbocycles. The van der Waals surface area contributed by atoms with E-state index >= 15 is 0 Å². The van der Waals surface area contributed by atoms with Crippen molar-refractivity contribution in [1.29, 1.82) is 0 Å². The minimum atomic E-state index is -1.02. The van der Waals surface area contributed by atoms with Gasteiger partial charge in [0.2, 0.25) is 17.7 Å². The van der Waals surface area contributed by atoms with Gasteiger partial charge in [0.1, 0.15) is 12.4 Å². The van der Waals surface area contributed by atoms with Crippen LogP contribution in [0.3, 0.4) is 0 Å².